The van der Waals surface area contributed by atoms with E-state index in [1.165, 1.54) is 24.8 Å². The van der Waals surface area contributed by atoms with Gasteiger partial charge in [0.25, 0.3) is 0 Å². The quantitative estimate of drug-likeness (QED) is 0.373. The summed E-state index contributed by atoms with van der Waals surface area (Å²) in [6.07, 6.45) is 4.03. The minimum absolute atomic E-state index is 0. The minimum atomic E-state index is 0. The first-order chi connectivity index (χ1) is 10.2. The average molecular weight is 436 g/mol. The van der Waals surface area contributed by atoms with E-state index < -0.39 is 0 Å². The summed E-state index contributed by atoms with van der Waals surface area (Å²) < 4.78 is 0. The molecule has 0 radical (unpaired) electrons. The Bertz CT molecular complexity index is 427. The van der Waals surface area contributed by atoms with Crippen LogP contribution in [0.3, 0.4) is 0 Å². The molecule has 126 valence electrons. The molecule has 1 atom stereocenters. The molecule has 0 saturated heterocycles. The van der Waals surface area contributed by atoms with Crippen molar-refractivity contribution in [3.8, 4) is 0 Å². The van der Waals surface area contributed by atoms with Gasteiger partial charge in [0, 0.05) is 6.54 Å². The van der Waals surface area contributed by atoms with E-state index in [2.05, 4.69) is 45.9 Å². The van der Waals surface area contributed by atoms with Crippen LogP contribution in [-0.4, -0.2) is 37.0 Å². The molecule has 1 aromatic rings. The third-order valence-corrected chi connectivity index (χ3v) is 5.11. The van der Waals surface area contributed by atoms with Crippen LogP contribution in [0.1, 0.15) is 44.7 Å². The van der Waals surface area contributed by atoms with Gasteiger partial charge in [-0.3, -0.25) is 9.89 Å². The minimum Gasteiger partial charge on any atom is -0.370 e. The predicted octanol–water partition coefficient (Wildman–Crippen LogP) is 3.45. The Kier molecular flexibility index (Phi) is 9.35. The smallest absolute Gasteiger partial charge is 0.188 e. The summed E-state index contributed by atoms with van der Waals surface area (Å²) in [5, 5.41) is 7.62. The van der Waals surface area contributed by atoms with Gasteiger partial charge < -0.3 is 11.1 Å². The number of hydrogen-bond donors (Lipinski definition) is 2. The Balaban J connectivity index is 0.00000242. The summed E-state index contributed by atoms with van der Waals surface area (Å²) >= 11 is 1.74. The van der Waals surface area contributed by atoms with Gasteiger partial charge in [-0.2, -0.15) is 11.3 Å². The lowest BCUT2D eigenvalue weighted by Gasteiger charge is -2.28. The number of rotatable bonds is 8. The van der Waals surface area contributed by atoms with Crippen molar-refractivity contribution in [3.05, 3.63) is 22.4 Å². The van der Waals surface area contributed by atoms with Gasteiger partial charge in [-0.05, 0) is 54.2 Å². The zero-order valence-corrected chi connectivity index (χ0v) is 16.8. The number of hydrogen-bond acceptors (Lipinski definition) is 3. The Morgan fingerprint density at radius 3 is 2.68 bits per heavy atom. The molecule has 1 aliphatic rings. The molecular weight excluding hydrogens is 407 g/mol. The lowest BCUT2D eigenvalue weighted by Crippen LogP contribution is -2.38. The SMILES string of the molecule is CCN(CC)C(CN=C(N)NCC1CCC1)c1ccsc1.I. The summed E-state index contributed by atoms with van der Waals surface area (Å²) in [4.78, 5) is 7.01. The molecule has 3 N–H and O–H groups in total. The van der Waals surface area contributed by atoms with Gasteiger partial charge in [-0.15, -0.1) is 24.0 Å². The molecule has 1 aromatic heterocycles. The highest BCUT2D eigenvalue weighted by atomic mass is 127. The Hall–Kier alpha value is -0.340. The molecule has 1 heterocycles. The number of halogens is 1. The van der Waals surface area contributed by atoms with Gasteiger partial charge in [0.2, 0.25) is 0 Å². The molecule has 0 spiro atoms. The fourth-order valence-corrected chi connectivity index (χ4v) is 3.45. The molecule has 1 aliphatic carbocycles. The second kappa shape index (κ2) is 10.4. The molecular formula is C16H29IN4S. The highest BCUT2D eigenvalue weighted by Gasteiger charge is 2.19. The van der Waals surface area contributed by atoms with Crippen LogP contribution in [0.4, 0.5) is 0 Å². The summed E-state index contributed by atoms with van der Waals surface area (Å²) in [6.45, 7) is 8.16. The first kappa shape index (κ1) is 19.7. The van der Waals surface area contributed by atoms with Crippen LogP contribution in [0.5, 0.6) is 0 Å². The van der Waals surface area contributed by atoms with Crippen LogP contribution in [0, 0.1) is 5.92 Å². The normalized spacial score (nSPS) is 17.0. The van der Waals surface area contributed by atoms with Crippen LogP contribution < -0.4 is 11.1 Å². The van der Waals surface area contributed by atoms with E-state index in [0.717, 1.165) is 32.1 Å². The van der Waals surface area contributed by atoms with Gasteiger partial charge in [-0.25, -0.2) is 0 Å². The topological polar surface area (TPSA) is 53.6 Å². The van der Waals surface area contributed by atoms with E-state index in [9.17, 15) is 0 Å². The number of nitrogens with one attached hydrogen (secondary N) is 1. The van der Waals surface area contributed by atoms with Crippen LogP contribution >= 0.6 is 35.3 Å². The van der Waals surface area contributed by atoms with Crippen molar-refractivity contribution in [1.29, 1.82) is 0 Å². The number of nitrogens with two attached hydrogens (primary N) is 1. The van der Waals surface area contributed by atoms with Crippen LogP contribution in [0.2, 0.25) is 0 Å². The fraction of sp³-hybridized carbons (Fsp3) is 0.688. The maximum atomic E-state index is 6.01. The van der Waals surface area contributed by atoms with E-state index >= 15 is 0 Å². The average Bonchev–Trinajstić information content (AvgIpc) is 2.95. The van der Waals surface area contributed by atoms with E-state index in [1.807, 2.05) is 0 Å². The summed E-state index contributed by atoms with van der Waals surface area (Å²) in [5.41, 5.74) is 7.36. The highest BCUT2D eigenvalue weighted by Crippen LogP contribution is 2.25. The van der Waals surface area contributed by atoms with E-state index in [0.29, 0.717) is 12.0 Å². The maximum Gasteiger partial charge on any atom is 0.188 e. The van der Waals surface area contributed by atoms with Crippen molar-refractivity contribution in [2.45, 2.75) is 39.2 Å². The zero-order chi connectivity index (χ0) is 15.1. The molecule has 0 amide bonds. The largest absolute Gasteiger partial charge is 0.370 e. The molecule has 0 bridgehead atoms. The standard InChI is InChI=1S/C16H28N4S.HI/c1-3-20(4-2)15(14-8-9-21-12-14)11-19-16(17)18-10-13-6-5-7-13;/h8-9,12-13,15H,3-7,10-11H2,1-2H3,(H3,17,18,19);1H. The monoisotopic (exact) mass is 436 g/mol. The van der Waals surface area contributed by atoms with E-state index in [1.54, 1.807) is 11.3 Å². The number of aliphatic imine (C=N–C) groups is 1. The van der Waals surface area contributed by atoms with Crippen LogP contribution in [-0.2, 0) is 0 Å². The molecule has 22 heavy (non-hydrogen) atoms. The second-order valence-electron chi connectivity index (χ2n) is 5.70. The van der Waals surface area contributed by atoms with Crippen LogP contribution in [0.25, 0.3) is 0 Å². The lowest BCUT2D eigenvalue weighted by atomic mass is 9.85. The van der Waals surface area contributed by atoms with Crippen molar-refractivity contribution in [2.75, 3.05) is 26.2 Å². The van der Waals surface area contributed by atoms with Gasteiger partial charge in [0.1, 0.15) is 0 Å². The summed E-state index contributed by atoms with van der Waals surface area (Å²) in [6, 6.07) is 2.52. The van der Waals surface area contributed by atoms with Gasteiger partial charge in [0.05, 0.1) is 12.6 Å². The van der Waals surface area contributed by atoms with E-state index in [4.69, 9.17) is 5.73 Å². The van der Waals surface area contributed by atoms with Crippen molar-refractivity contribution in [2.24, 2.45) is 16.6 Å². The molecule has 0 aromatic carbocycles. The van der Waals surface area contributed by atoms with Gasteiger partial charge in [0.15, 0.2) is 5.96 Å². The van der Waals surface area contributed by atoms with Crippen LogP contribution in [0.15, 0.2) is 21.8 Å². The van der Waals surface area contributed by atoms with Crippen molar-refractivity contribution in [3.63, 3.8) is 0 Å². The Labute approximate surface area is 155 Å². The van der Waals surface area contributed by atoms with Gasteiger partial charge >= 0.3 is 0 Å². The summed E-state index contributed by atoms with van der Waals surface area (Å²) in [7, 11) is 0. The number of likely N-dealkylation sites (N-methyl/N-ethyl adjacent to an activating group) is 1. The predicted molar refractivity (Wildman–Crippen MR) is 107 cm³/mol. The molecule has 2 rings (SSSR count). The molecule has 4 nitrogen and oxygen atoms in total. The molecule has 1 saturated carbocycles. The molecule has 1 unspecified atom stereocenters. The Morgan fingerprint density at radius 1 is 1.45 bits per heavy atom. The molecule has 1 fully saturated rings. The maximum absolute atomic E-state index is 6.01. The van der Waals surface area contributed by atoms with E-state index in [-0.39, 0.29) is 24.0 Å². The van der Waals surface area contributed by atoms with Crippen molar-refractivity contribution in [1.82, 2.24) is 10.2 Å². The fourth-order valence-electron chi connectivity index (χ4n) is 2.75. The highest BCUT2D eigenvalue weighted by molar-refractivity contribution is 14.0. The number of guanidine groups is 1. The molecule has 6 heteroatoms. The third kappa shape index (κ3) is 5.70. The Morgan fingerprint density at radius 2 is 2.18 bits per heavy atom. The second-order valence-corrected chi connectivity index (χ2v) is 6.48. The third-order valence-electron chi connectivity index (χ3n) is 4.41. The van der Waals surface area contributed by atoms with Crippen molar-refractivity contribution < 1.29 is 0 Å². The summed E-state index contributed by atoms with van der Waals surface area (Å²) in [5.74, 6) is 1.39. The first-order valence-electron chi connectivity index (χ1n) is 8.04. The van der Waals surface area contributed by atoms with Gasteiger partial charge in [-0.1, -0.05) is 20.3 Å². The molecule has 0 aliphatic heterocycles. The lowest BCUT2D eigenvalue weighted by molar-refractivity contribution is 0.224. The zero-order valence-electron chi connectivity index (χ0n) is 13.6. The first-order valence-corrected chi connectivity index (χ1v) is 8.98. The number of thiophene rings is 1. The van der Waals surface area contributed by atoms with Crippen molar-refractivity contribution >= 4 is 41.3 Å². The number of nitrogens with zero attached hydrogens (tertiary/aromatic N) is 2.